The molecule has 4 aliphatic rings. The van der Waals surface area contributed by atoms with Gasteiger partial charge in [-0.05, 0) is 91.9 Å². The summed E-state index contributed by atoms with van der Waals surface area (Å²) in [6.45, 7) is 1.89. The third-order valence-corrected chi connectivity index (χ3v) is 11.5. The number of aromatic nitrogens is 1. The van der Waals surface area contributed by atoms with E-state index in [-0.39, 0.29) is 43.3 Å². The second-order valence-corrected chi connectivity index (χ2v) is 14.2. The van der Waals surface area contributed by atoms with E-state index in [1.165, 1.54) is 9.80 Å². The van der Waals surface area contributed by atoms with Crippen molar-refractivity contribution >= 4 is 46.1 Å². The first-order chi connectivity index (χ1) is 25.3. The molecule has 0 bridgehead atoms. The van der Waals surface area contributed by atoms with Gasteiger partial charge >= 0.3 is 0 Å². The number of carbonyl (C=O) groups is 4. The molecule has 4 aromatic carbocycles. The van der Waals surface area contributed by atoms with Crippen molar-refractivity contribution in [2.24, 2.45) is 29.1 Å². The molecule has 2 aliphatic carbocycles. The zero-order chi connectivity index (χ0) is 35.7. The Morgan fingerprint density at radius 2 is 1.52 bits per heavy atom. The number of aliphatic hydroxyl groups excluding tert-OH is 1. The lowest BCUT2D eigenvalue weighted by Crippen LogP contribution is -2.48. The van der Waals surface area contributed by atoms with Gasteiger partial charge in [0.25, 0.3) is 0 Å². The topological polar surface area (TPSA) is 130 Å². The molecule has 10 heteroatoms. The first-order valence-corrected chi connectivity index (χ1v) is 17.6. The molecule has 0 spiro atoms. The molecule has 1 aromatic heterocycles. The van der Waals surface area contributed by atoms with E-state index < -0.39 is 35.0 Å². The number of carbonyl (C=O) groups excluding carboxylic acids is 4. The summed E-state index contributed by atoms with van der Waals surface area (Å²) in [5.74, 6) is -3.08. The Morgan fingerprint density at radius 3 is 2.25 bits per heavy atom. The number of fused-ring (bicyclic) bond motifs is 5. The summed E-state index contributed by atoms with van der Waals surface area (Å²) >= 11 is 0. The Morgan fingerprint density at radius 1 is 0.808 bits per heavy atom. The van der Waals surface area contributed by atoms with E-state index in [0.29, 0.717) is 35.0 Å². The summed E-state index contributed by atoms with van der Waals surface area (Å²) in [5, 5.41) is 9.25. The Labute approximate surface area is 299 Å². The van der Waals surface area contributed by atoms with E-state index in [4.69, 9.17) is 9.15 Å². The highest BCUT2D eigenvalue weighted by molar-refractivity contribution is 6.25. The quantitative estimate of drug-likeness (QED) is 0.155. The predicted molar refractivity (Wildman–Crippen MR) is 192 cm³/mol. The minimum Gasteiger partial charge on any atom is -0.491 e. The maximum absolute atomic E-state index is 14.6. The van der Waals surface area contributed by atoms with Gasteiger partial charge < -0.3 is 14.3 Å². The van der Waals surface area contributed by atoms with Crippen LogP contribution in [0.4, 0.5) is 11.4 Å². The fourth-order valence-electron chi connectivity index (χ4n) is 9.14. The molecule has 9 rings (SSSR count). The average molecular weight is 694 g/mol. The van der Waals surface area contributed by atoms with Gasteiger partial charge in [-0.2, -0.15) is 0 Å². The lowest BCUT2D eigenvalue weighted by atomic mass is 9.51. The van der Waals surface area contributed by atoms with Crippen LogP contribution in [-0.2, 0) is 19.2 Å². The predicted octanol–water partition coefficient (Wildman–Crippen LogP) is 6.30. The number of imide groups is 2. The molecule has 260 valence electrons. The number of rotatable bonds is 7. The van der Waals surface area contributed by atoms with Crippen LogP contribution in [0.3, 0.4) is 0 Å². The van der Waals surface area contributed by atoms with Crippen LogP contribution >= 0.6 is 0 Å². The molecular formula is C42H35N3O7. The summed E-state index contributed by atoms with van der Waals surface area (Å²) in [4.78, 5) is 64.7. The van der Waals surface area contributed by atoms with Crippen molar-refractivity contribution in [1.82, 2.24) is 4.98 Å². The molecule has 3 heterocycles. The molecule has 0 radical (unpaired) electrons. The van der Waals surface area contributed by atoms with Gasteiger partial charge in [-0.25, -0.2) is 9.88 Å². The molecule has 0 unspecified atom stereocenters. The zero-order valence-corrected chi connectivity index (χ0v) is 28.3. The van der Waals surface area contributed by atoms with Crippen LogP contribution in [-0.4, -0.2) is 46.9 Å². The fraction of sp³-hybridized carbons (Fsp3) is 0.262. The minimum absolute atomic E-state index is 0.125. The van der Waals surface area contributed by atoms with Crippen molar-refractivity contribution in [3.8, 4) is 17.2 Å². The van der Waals surface area contributed by atoms with Crippen LogP contribution in [0, 0.1) is 29.1 Å². The first kappa shape index (κ1) is 32.1. The maximum Gasteiger partial charge on any atom is 0.241 e. The van der Waals surface area contributed by atoms with Crippen molar-refractivity contribution in [3.05, 3.63) is 120 Å². The Bertz CT molecular complexity index is 2250. The Kier molecular flexibility index (Phi) is 7.48. The van der Waals surface area contributed by atoms with E-state index in [9.17, 15) is 24.3 Å². The third-order valence-electron chi connectivity index (χ3n) is 11.5. The molecule has 10 nitrogen and oxygen atoms in total. The number of anilines is 2. The lowest BCUT2D eigenvalue weighted by molar-refractivity contribution is -0.131. The van der Waals surface area contributed by atoms with E-state index in [1.54, 1.807) is 60.7 Å². The molecule has 1 N–H and O–H groups in total. The van der Waals surface area contributed by atoms with Crippen LogP contribution in [0.1, 0.15) is 31.2 Å². The standard InChI is InChI=1S/C42H35N3O7/c1-42-32(39(48)45(41(42)50)26-7-3-2-4-8-26)23-31-29(36(42)24-13-17-28(18-14-24)51-22-21-46)19-20-30-35(31)40(49)44(38(30)47)27-15-11-25(12-16-27)37-43-33-9-5-6-10-34(33)52-37/h2-19,30-32,35-36,46H,20-23H2,1H3/t30-,31+,32-,35-,36-,42+/m0/s1. The zero-order valence-electron chi connectivity index (χ0n) is 28.3. The van der Waals surface area contributed by atoms with Gasteiger partial charge in [0.15, 0.2) is 5.58 Å². The van der Waals surface area contributed by atoms with Crippen molar-refractivity contribution in [1.29, 1.82) is 0 Å². The monoisotopic (exact) mass is 693 g/mol. The van der Waals surface area contributed by atoms with Gasteiger partial charge in [0.2, 0.25) is 29.5 Å². The molecule has 4 amide bonds. The summed E-state index contributed by atoms with van der Waals surface area (Å²) in [5.41, 5.74) is 3.68. The number of nitrogens with zero attached hydrogens (tertiary/aromatic N) is 3. The Hall–Kier alpha value is -5.87. The van der Waals surface area contributed by atoms with Crippen molar-refractivity contribution in [2.75, 3.05) is 23.0 Å². The van der Waals surface area contributed by atoms with Crippen LogP contribution in [0.5, 0.6) is 5.75 Å². The SMILES string of the molecule is C[C@@]12C(=O)N(c3ccccc3)C(=O)[C@@H]1C[C@@H]1C(=CC[C@@H]3C(=O)N(c4ccc(-c5nc6ccccc6o5)cc4)C(=O)[C@@H]31)[C@@H]2c1ccc(OCCO)cc1. The smallest absolute Gasteiger partial charge is 0.241 e. The van der Waals surface area contributed by atoms with Gasteiger partial charge in [-0.15, -0.1) is 0 Å². The molecule has 52 heavy (non-hydrogen) atoms. The largest absolute Gasteiger partial charge is 0.491 e. The number of oxazole rings is 1. The summed E-state index contributed by atoms with van der Waals surface area (Å²) < 4.78 is 11.5. The highest BCUT2D eigenvalue weighted by Gasteiger charge is 2.67. The maximum atomic E-state index is 14.6. The molecular weight excluding hydrogens is 658 g/mol. The molecule has 5 aromatic rings. The number of para-hydroxylation sites is 3. The number of ether oxygens (including phenoxy) is 1. The van der Waals surface area contributed by atoms with Crippen LogP contribution < -0.4 is 14.5 Å². The second kappa shape index (κ2) is 12.1. The second-order valence-electron chi connectivity index (χ2n) is 14.2. The van der Waals surface area contributed by atoms with Gasteiger partial charge in [0, 0.05) is 11.5 Å². The van der Waals surface area contributed by atoms with E-state index in [0.717, 1.165) is 22.2 Å². The highest BCUT2D eigenvalue weighted by Crippen LogP contribution is 2.63. The van der Waals surface area contributed by atoms with Crippen LogP contribution in [0.2, 0.25) is 0 Å². The van der Waals surface area contributed by atoms with E-state index in [2.05, 4.69) is 4.98 Å². The number of benzene rings is 4. The first-order valence-electron chi connectivity index (χ1n) is 17.6. The summed E-state index contributed by atoms with van der Waals surface area (Å²) in [6, 6.07) is 30.9. The number of hydrogen-bond donors (Lipinski definition) is 1. The Balaban J connectivity index is 1.08. The van der Waals surface area contributed by atoms with Gasteiger partial charge in [-0.1, -0.05) is 54.1 Å². The molecule has 1 saturated carbocycles. The molecule has 2 saturated heterocycles. The van der Waals surface area contributed by atoms with Crippen molar-refractivity contribution in [3.63, 3.8) is 0 Å². The number of aliphatic hydroxyl groups is 1. The normalized spacial score (nSPS) is 26.7. The third kappa shape index (κ3) is 4.70. The van der Waals surface area contributed by atoms with Crippen molar-refractivity contribution < 1.29 is 33.4 Å². The van der Waals surface area contributed by atoms with Crippen LogP contribution in [0.15, 0.2) is 119 Å². The van der Waals surface area contributed by atoms with Gasteiger partial charge in [0.1, 0.15) is 17.9 Å². The highest BCUT2D eigenvalue weighted by atomic mass is 16.5. The molecule has 6 atom stereocenters. The summed E-state index contributed by atoms with van der Waals surface area (Å²) in [6.07, 6.45) is 2.66. The number of hydrogen-bond acceptors (Lipinski definition) is 8. The summed E-state index contributed by atoms with van der Waals surface area (Å²) in [7, 11) is 0. The van der Waals surface area contributed by atoms with Gasteiger partial charge in [-0.3, -0.25) is 24.1 Å². The average Bonchev–Trinajstić information content (AvgIpc) is 3.78. The number of amides is 4. The van der Waals surface area contributed by atoms with Crippen LogP contribution in [0.25, 0.3) is 22.6 Å². The lowest BCUT2D eigenvalue weighted by Gasteiger charge is -2.49. The van der Waals surface area contributed by atoms with Gasteiger partial charge in [0.05, 0.1) is 41.2 Å². The fourth-order valence-corrected chi connectivity index (χ4v) is 9.14. The molecule has 3 fully saturated rings. The number of allylic oxidation sites excluding steroid dienone is 2. The van der Waals surface area contributed by atoms with E-state index in [1.807, 2.05) is 55.5 Å². The minimum atomic E-state index is -1.14. The van der Waals surface area contributed by atoms with Crippen molar-refractivity contribution in [2.45, 2.75) is 25.7 Å². The van der Waals surface area contributed by atoms with E-state index >= 15 is 0 Å². The molecule has 2 aliphatic heterocycles.